The van der Waals surface area contributed by atoms with E-state index in [0.717, 1.165) is 22.9 Å². The van der Waals surface area contributed by atoms with Crippen LogP contribution in [0.15, 0.2) is 70.8 Å². The van der Waals surface area contributed by atoms with Gasteiger partial charge in [-0.1, -0.05) is 35.9 Å². The summed E-state index contributed by atoms with van der Waals surface area (Å²) in [7, 11) is -3.27. The van der Waals surface area contributed by atoms with Crippen molar-refractivity contribution in [2.45, 2.75) is 25.9 Å². The van der Waals surface area contributed by atoms with Gasteiger partial charge >= 0.3 is 0 Å². The number of amides is 1. The number of sulfone groups is 1. The number of benzene rings is 2. The second-order valence-corrected chi connectivity index (χ2v) is 9.74. The lowest BCUT2D eigenvalue weighted by Gasteiger charge is -2.19. The molecule has 0 saturated heterocycles. The predicted molar refractivity (Wildman–Crippen MR) is 126 cm³/mol. The summed E-state index contributed by atoms with van der Waals surface area (Å²) < 4.78 is 28.0. The van der Waals surface area contributed by atoms with E-state index in [9.17, 15) is 13.2 Å². The van der Waals surface area contributed by atoms with Gasteiger partial charge in [0.1, 0.15) is 6.26 Å². The molecule has 1 heterocycles. The van der Waals surface area contributed by atoms with Crippen LogP contribution in [-0.4, -0.2) is 31.6 Å². The molecule has 1 aromatic heterocycles. The molecule has 0 fully saturated rings. The average Bonchev–Trinajstić information content (AvgIpc) is 3.27. The Morgan fingerprint density at radius 3 is 2.59 bits per heavy atom. The Hall–Kier alpha value is -3.10. The monoisotopic (exact) mass is 473 g/mol. The van der Waals surface area contributed by atoms with Gasteiger partial charge in [-0.3, -0.25) is 4.79 Å². The molecule has 3 aromatic rings. The van der Waals surface area contributed by atoms with E-state index in [1.165, 1.54) is 18.5 Å². The van der Waals surface area contributed by atoms with Crippen LogP contribution in [0.25, 0.3) is 11.5 Å². The largest absolute Gasteiger partial charge is 0.444 e. The minimum Gasteiger partial charge on any atom is -0.444 e. The fourth-order valence-corrected chi connectivity index (χ4v) is 3.90. The zero-order chi connectivity index (χ0) is 23.3. The standard InChI is InChI=1S/C23H24ClN3O4S/c1-15(10-13-32(3,29)30)26-22(28)17-8-9-21(19(14-17)23-25-11-12-31-23)27-16(2)18-6-4-5-7-20(18)24/h4-16,27H,1-3H3,(H,26,28)/b13-10+/t15-,16+/m1/s1. The SMILES string of the molecule is C[C@H](/C=C/S(C)(=O)=O)NC(=O)c1ccc(N[C@@H](C)c2ccccc2Cl)c(-c2ncco2)c1. The summed E-state index contributed by atoms with van der Waals surface area (Å²) in [6.07, 6.45) is 5.50. The molecular weight excluding hydrogens is 450 g/mol. The van der Waals surface area contributed by atoms with Crippen LogP contribution in [0.4, 0.5) is 5.69 Å². The van der Waals surface area contributed by atoms with Gasteiger partial charge in [0.15, 0.2) is 9.84 Å². The lowest BCUT2D eigenvalue weighted by molar-refractivity contribution is 0.0947. The summed E-state index contributed by atoms with van der Waals surface area (Å²) in [5, 5.41) is 7.88. The van der Waals surface area contributed by atoms with Crippen LogP contribution in [0, 0.1) is 0 Å². The molecule has 0 aliphatic heterocycles. The Morgan fingerprint density at radius 1 is 1.19 bits per heavy atom. The average molecular weight is 474 g/mol. The fourth-order valence-electron chi connectivity index (χ4n) is 3.08. The summed E-state index contributed by atoms with van der Waals surface area (Å²) >= 11 is 6.33. The first-order chi connectivity index (χ1) is 15.1. The molecule has 0 unspecified atom stereocenters. The van der Waals surface area contributed by atoms with Gasteiger partial charge in [-0.25, -0.2) is 13.4 Å². The van der Waals surface area contributed by atoms with Crippen molar-refractivity contribution in [1.82, 2.24) is 10.3 Å². The zero-order valence-electron chi connectivity index (χ0n) is 17.9. The first-order valence-corrected chi connectivity index (χ1v) is 12.2. The first kappa shape index (κ1) is 23.6. The molecule has 2 aromatic carbocycles. The highest BCUT2D eigenvalue weighted by molar-refractivity contribution is 7.93. The first-order valence-electron chi connectivity index (χ1n) is 9.88. The van der Waals surface area contributed by atoms with Gasteiger partial charge in [0.05, 0.1) is 17.8 Å². The molecule has 3 rings (SSSR count). The molecule has 1 amide bonds. The van der Waals surface area contributed by atoms with Crippen molar-refractivity contribution >= 4 is 33.0 Å². The number of anilines is 1. The quantitative estimate of drug-likeness (QED) is 0.485. The predicted octanol–water partition coefficient (Wildman–Crippen LogP) is 4.84. The van der Waals surface area contributed by atoms with Crippen molar-refractivity contribution in [1.29, 1.82) is 0 Å². The fraction of sp³-hybridized carbons (Fsp3) is 0.217. The molecule has 0 aliphatic carbocycles. The van der Waals surface area contributed by atoms with Gasteiger partial charge in [-0.05, 0) is 43.7 Å². The Balaban J connectivity index is 1.87. The van der Waals surface area contributed by atoms with Gasteiger partial charge in [0.2, 0.25) is 5.89 Å². The number of carbonyl (C=O) groups is 1. The number of hydrogen-bond acceptors (Lipinski definition) is 6. The summed E-state index contributed by atoms with van der Waals surface area (Å²) in [5.41, 5.74) is 2.65. The van der Waals surface area contributed by atoms with Crippen LogP contribution in [-0.2, 0) is 9.84 Å². The minimum absolute atomic E-state index is 0.113. The van der Waals surface area contributed by atoms with E-state index in [1.54, 1.807) is 25.1 Å². The summed E-state index contributed by atoms with van der Waals surface area (Å²) in [5.74, 6) is 0.00712. The third-order valence-electron chi connectivity index (χ3n) is 4.66. The number of oxazole rings is 1. The Labute approximate surface area is 192 Å². The Morgan fingerprint density at radius 2 is 1.94 bits per heavy atom. The topological polar surface area (TPSA) is 101 Å². The van der Waals surface area contributed by atoms with Crippen molar-refractivity contribution in [3.8, 4) is 11.5 Å². The number of nitrogens with zero attached hydrogens (tertiary/aromatic N) is 1. The second kappa shape index (κ2) is 10.0. The minimum atomic E-state index is -3.27. The van der Waals surface area contributed by atoms with Crippen molar-refractivity contribution in [2.24, 2.45) is 0 Å². The number of carbonyl (C=O) groups excluding carboxylic acids is 1. The van der Waals surface area contributed by atoms with E-state index in [0.29, 0.717) is 22.0 Å². The van der Waals surface area contributed by atoms with Gasteiger partial charge in [0, 0.05) is 34.0 Å². The normalized spacial score (nSPS) is 13.6. The van der Waals surface area contributed by atoms with E-state index in [1.807, 2.05) is 31.2 Å². The number of nitrogens with one attached hydrogen (secondary N) is 2. The van der Waals surface area contributed by atoms with E-state index in [2.05, 4.69) is 15.6 Å². The van der Waals surface area contributed by atoms with Crippen LogP contribution in [0.3, 0.4) is 0 Å². The Kier molecular flexibility index (Phi) is 7.37. The van der Waals surface area contributed by atoms with Crippen LogP contribution in [0.1, 0.15) is 35.8 Å². The maximum absolute atomic E-state index is 12.7. The van der Waals surface area contributed by atoms with Crippen molar-refractivity contribution < 1.29 is 17.6 Å². The third kappa shape index (κ3) is 6.21. The highest BCUT2D eigenvalue weighted by atomic mass is 35.5. The van der Waals surface area contributed by atoms with E-state index < -0.39 is 15.9 Å². The molecule has 0 aliphatic rings. The molecular formula is C23H24ClN3O4S. The molecule has 0 spiro atoms. The summed E-state index contributed by atoms with van der Waals surface area (Å²) in [4.78, 5) is 16.9. The van der Waals surface area contributed by atoms with Crippen molar-refractivity contribution in [3.05, 3.63) is 82.6 Å². The molecule has 9 heteroatoms. The maximum Gasteiger partial charge on any atom is 0.251 e. The number of hydrogen-bond donors (Lipinski definition) is 2. The van der Waals surface area contributed by atoms with Gasteiger partial charge in [0.25, 0.3) is 5.91 Å². The lowest BCUT2D eigenvalue weighted by Crippen LogP contribution is -2.31. The molecule has 168 valence electrons. The molecule has 0 saturated carbocycles. The van der Waals surface area contributed by atoms with Crippen molar-refractivity contribution in [3.63, 3.8) is 0 Å². The smallest absolute Gasteiger partial charge is 0.251 e. The van der Waals surface area contributed by atoms with Gasteiger partial charge in [-0.15, -0.1) is 0 Å². The second-order valence-electron chi connectivity index (χ2n) is 7.41. The lowest BCUT2D eigenvalue weighted by atomic mass is 10.0. The Bertz CT molecular complexity index is 1220. The molecule has 2 N–H and O–H groups in total. The third-order valence-corrected chi connectivity index (χ3v) is 5.66. The van der Waals surface area contributed by atoms with E-state index >= 15 is 0 Å². The zero-order valence-corrected chi connectivity index (χ0v) is 19.4. The van der Waals surface area contributed by atoms with E-state index in [4.69, 9.17) is 16.0 Å². The highest BCUT2D eigenvalue weighted by Crippen LogP contribution is 2.32. The van der Waals surface area contributed by atoms with Crippen LogP contribution in [0.5, 0.6) is 0 Å². The van der Waals surface area contributed by atoms with E-state index in [-0.39, 0.29) is 11.9 Å². The van der Waals surface area contributed by atoms with Crippen LogP contribution < -0.4 is 10.6 Å². The number of aromatic nitrogens is 1. The number of halogens is 1. The maximum atomic E-state index is 12.7. The highest BCUT2D eigenvalue weighted by Gasteiger charge is 2.17. The van der Waals surface area contributed by atoms with Crippen LogP contribution in [0.2, 0.25) is 5.02 Å². The molecule has 7 nitrogen and oxygen atoms in total. The van der Waals surface area contributed by atoms with Crippen LogP contribution >= 0.6 is 11.6 Å². The molecule has 0 bridgehead atoms. The number of rotatable bonds is 8. The molecule has 0 radical (unpaired) electrons. The molecule has 2 atom stereocenters. The molecule has 32 heavy (non-hydrogen) atoms. The summed E-state index contributed by atoms with van der Waals surface area (Å²) in [6, 6.07) is 12.1. The van der Waals surface area contributed by atoms with Gasteiger partial charge < -0.3 is 15.1 Å². The summed E-state index contributed by atoms with van der Waals surface area (Å²) in [6.45, 7) is 3.67. The van der Waals surface area contributed by atoms with Crippen molar-refractivity contribution in [2.75, 3.05) is 11.6 Å². The van der Waals surface area contributed by atoms with Gasteiger partial charge in [-0.2, -0.15) is 0 Å².